The minimum Gasteiger partial charge on any atom is -0.454 e. The third-order valence-corrected chi connectivity index (χ3v) is 8.37. The Bertz CT molecular complexity index is 1380. The average Bonchev–Trinajstić information content (AvgIpc) is 3.66. The van der Waals surface area contributed by atoms with Gasteiger partial charge in [0.25, 0.3) is 0 Å². The molecule has 3 amide bonds. The molecule has 2 aliphatic heterocycles. The molecule has 4 unspecified atom stereocenters. The summed E-state index contributed by atoms with van der Waals surface area (Å²) >= 11 is 1.34. The number of urea groups is 1. The highest BCUT2D eigenvalue weighted by Crippen LogP contribution is 2.52. The molecule has 0 saturated carbocycles. The van der Waals surface area contributed by atoms with E-state index in [1.165, 1.54) is 16.2 Å². The third-order valence-electron chi connectivity index (χ3n) is 7.49. The van der Waals surface area contributed by atoms with Crippen molar-refractivity contribution in [1.29, 1.82) is 0 Å². The number of nitrogens with one attached hydrogen (secondary N) is 1. The molecule has 204 valence electrons. The number of fused-ring (bicyclic) bond motifs is 1. The lowest BCUT2D eigenvalue weighted by Gasteiger charge is -2.30. The van der Waals surface area contributed by atoms with Gasteiger partial charge in [0.1, 0.15) is 6.04 Å². The summed E-state index contributed by atoms with van der Waals surface area (Å²) in [6.07, 6.45) is 0. The maximum Gasteiger partial charge on any atom is 0.318 e. The Morgan fingerprint density at radius 1 is 1.03 bits per heavy atom. The molecule has 8 nitrogen and oxygen atoms in total. The molecule has 39 heavy (non-hydrogen) atoms. The molecule has 4 atom stereocenters. The predicted molar refractivity (Wildman–Crippen MR) is 149 cm³/mol. The van der Waals surface area contributed by atoms with Crippen molar-refractivity contribution in [1.82, 2.24) is 10.2 Å². The molecule has 1 fully saturated rings. The van der Waals surface area contributed by atoms with Gasteiger partial charge >= 0.3 is 6.03 Å². The minimum atomic E-state index is -1.05. The first kappa shape index (κ1) is 26.7. The van der Waals surface area contributed by atoms with E-state index in [0.29, 0.717) is 28.5 Å². The van der Waals surface area contributed by atoms with Gasteiger partial charge in [-0.25, -0.2) is 4.79 Å². The van der Waals surface area contributed by atoms with Crippen LogP contribution >= 0.6 is 11.3 Å². The summed E-state index contributed by atoms with van der Waals surface area (Å²) in [4.78, 5) is 43.1. The van der Waals surface area contributed by atoms with Gasteiger partial charge in [-0.05, 0) is 52.6 Å². The standard InChI is InChI=1S/C30H33N3O5S/c1-5-32-29(36)33-25(18-10-13-20-21(15-18)38-16-37-20)24(27(34)22-7-6-14-39-22)23(26(33)28(31)35)17-8-11-19(12-9-17)30(2,3)4/h6-15,23-26H,5,16H2,1-4H3,(H2,31,35)(H,32,36). The summed E-state index contributed by atoms with van der Waals surface area (Å²) in [5, 5.41) is 4.68. The van der Waals surface area contributed by atoms with Crippen LogP contribution in [0.3, 0.4) is 0 Å². The molecule has 3 aromatic rings. The zero-order valence-corrected chi connectivity index (χ0v) is 23.3. The zero-order valence-electron chi connectivity index (χ0n) is 22.5. The van der Waals surface area contributed by atoms with Crippen LogP contribution in [0.5, 0.6) is 11.5 Å². The highest BCUT2D eigenvalue weighted by atomic mass is 32.1. The van der Waals surface area contributed by atoms with Crippen LogP contribution in [0.1, 0.15) is 66.0 Å². The van der Waals surface area contributed by atoms with E-state index in [1.54, 1.807) is 25.1 Å². The maximum absolute atomic E-state index is 14.3. The molecule has 5 rings (SSSR count). The van der Waals surface area contributed by atoms with Crippen molar-refractivity contribution >= 4 is 29.1 Å². The largest absolute Gasteiger partial charge is 0.454 e. The fourth-order valence-electron chi connectivity index (χ4n) is 5.67. The molecular weight excluding hydrogens is 514 g/mol. The van der Waals surface area contributed by atoms with Crippen LogP contribution in [0.15, 0.2) is 60.0 Å². The topological polar surface area (TPSA) is 111 Å². The number of amides is 3. The van der Waals surface area contributed by atoms with Crippen LogP contribution in [0.4, 0.5) is 4.79 Å². The number of carbonyl (C=O) groups excluding carboxylic acids is 3. The first-order chi connectivity index (χ1) is 18.6. The molecule has 1 saturated heterocycles. The van der Waals surface area contributed by atoms with E-state index in [4.69, 9.17) is 15.2 Å². The van der Waals surface area contributed by atoms with Crippen LogP contribution in [0.25, 0.3) is 0 Å². The summed E-state index contributed by atoms with van der Waals surface area (Å²) in [5.41, 5.74) is 8.53. The summed E-state index contributed by atoms with van der Waals surface area (Å²) < 4.78 is 11.1. The van der Waals surface area contributed by atoms with E-state index >= 15 is 0 Å². The lowest BCUT2D eigenvalue weighted by Crippen LogP contribution is -2.50. The third kappa shape index (κ3) is 4.87. The summed E-state index contributed by atoms with van der Waals surface area (Å²) in [6, 6.07) is 14.6. The van der Waals surface area contributed by atoms with E-state index < -0.39 is 35.9 Å². The second kappa shape index (κ2) is 10.4. The molecule has 1 aromatic heterocycles. The molecule has 0 spiro atoms. The number of hydrogen-bond donors (Lipinski definition) is 2. The van der Waals surface area contributed by atoms with E-state index in [0.717, 1.165) is 11.1 Å². The SMILES string of the molecule is CCNC(=O)N1C(C(N)=O)C(c2ccc(C(C)(C)C)cc2)C(C(=O)c2cccs2)C1c1ccc2c(c1)OCO2. The van der Waals surface area contributed by atoms with Gasteiger partial charge in [-0.3, -0.25) is 9.59 Å². The Morgan fingerprint density at radius 3 is 2.33 bits per heavy atom. The van der Waals surface area contributed by atoms with E-state index in [1.807, 2.05) is 41.8 Å². The van der Waals surface area contributed by atoms with Gasteiger partial charge in [0.2, 0.25) is 12.7 Å². The highest BCUT2D eigenvalue weighted by Gasteiger charge is 2.57. The Balaban J connectivity index is 1.72. The van der Waals surface area contributed by atoms with Crippen molar-refractivity contribution in [2.24, 2.45) is 11.7 Å². The number of thiophene rings is 1. The zero-order chi connectivity index (χ0) is 27.9. The van der Waals surface area contributed by atoms with Gasteiger partial charge in [0.05, 0.1) is 16.8 Å². The smallest absolute Gasteiger partial charge is 0.318 e. The highest BCUT2D eigenvalue weighted by molar-refractivity contribution is 7.12. The first-order valence-electron chi connectivity index (χ1n) is 13.0. The predicted octanol–water partition coefficient (Wildman–Crippen LogP) is 5.00. The van der Waals surface area contributed by atoms with Crippen molar-refractivity contribution in [2.75, 3.05) is 13.3 Å². The Morgan fingerprint density at radius 2 is 1.72 bits per heavy atom. The number of hydrogen-bond acceptors (Lipinski definition) is 6. The van der Waals surface area contributed by atoms with Crippen molar-refractivity contribution in [3.8, 4) is 11.5 Å². The van der Waals surface area contributed by atoms with Gasteiger partial charge < -0.3 is 25.4 Å². The second-order valence-electron chi connectivity index (χ2n) is 10.9. The number of ether oxygens (including phenoxy) is 2. The van der Waals surface area contributed by atoms with Crippen molar-refractivity contribution in [2.45, 2.75) is 51.1 Å². The van der Waals surface area contributed by atoms with Crippen LogP contribution in [-0.4, -0.2) is 42.0 Å². The lowest BCUT2D eigenvalue weighted by atomic mass is 9.76. The first-order valence-corrected chi connectivity index (χ1v) is 13.9. The minimum absolute atomic E-state index is 0.0778. The monoisotopic (exact) mass is 547 g/mol. The fourth-order valence-corrected chi connectivity index (χ4v) is 6.38. The number of nitrogens with zero attached hydrogens (tertiary/aromatic N) is 1. The maximum atomic E-state index is 14.3. The molecular formula is C30H33N3O5S. The summed E-state index contributed by atoms with van der Waals surface area (Å²) in [6.45, 7) is 8.62. The summed E-state index contributed by atoms with van der Waals surface area (Å²) in [7, 11) is 0. The molecule has 2 aliphatic rings. The van der Waals surface area contributed by atoms with Crippen molar-refractivity contribution in [3.63, 3.8) is 0 Å². The Hall–Kier alpha value is -3.85. The number of primary amides is 1. The van der Waals surface area contributed by atoms with Crippen LogP contribution < -0.4 is 20.5 Å². The van der Waals surface area contributed by atoms with E-state index in [2.05, 4.69) is 26.1 Å². The van der Waals surface area contributed by atoms with E-state index in [-0.39, 0.29) is 18.0 Å². The molecule has 9 heteroatoms. The molecule has 0 aliphatic carbocycles. The Kier molecular flexibility index (Phi) is 7.11. The molecule has 0 radical (unpaired) electrons. The van der Waals surface area contributed by atoms with Gasteiger partial charge in [0, 0.05) is 12.5 Å². The number of rotatable bonds is 6. The van der Waals surface area contributed by atoms with Crippen LogP contribution in [0, 0.1) is 5.92 Å². The van der Waals surface area contributed by atoms with Crippen molar-refractivity contribution < 1.29 is 23.9 Å². The molecule has 0 bridgehead atoms. The number of carbonyl (C=O) groups is 3. The number of ketones is 1. The molecule has 2 aromatic carbocycles. The van der Waals surface area contributed by atoms with Crippen LogP contribution in [0.2, 0.25) is 0 Å². The summed E-state index contributed by atoms with van der Waals surface area (Å²) in [5.74, 6) is -1.13. The van der Waals surface area contributed by atoms with Gasteiger partial charge in [-0.1, -0.05) is 57.2 Å². The van der Waals surface area contributed by atoms with E-state index in [9.17, 15) is 14.4 Å². The van der Waals surface area contributed by atoms with Crippen LogP contribution in [-0.2, 0) is 10.2 Å². The average molecular weight is 548 g/mol. The fraction of sp³-hybridized carbons (Fsp3) is 0.367. The second-order valence-corrected chi connectivity index (χ2v) is 11.9. The normalized spacial score (nSPS) is 22.1. The van der Waals surface area contributed by atoms with Gasteiger partial charge in [-0.15, -0.1) is 11.3 Å². The molecule has 3 heterocycles. The number of nitrogens with two attached hydrogens (primary N) is 1. The number of Topliss-reactive ketones (excluding diaryl/α,β-unsaturated/α-hetero) is 1. The number of likely N-dealkylation sites (tertiary alicyclic amines) is 1. The quantitative estimate of drug-likeness (QED) is 0.422. The van der Waals surface area contributed by atoms with Gasteiger partial charge in [0.15, 0.2) is 17.3 Å². The number of benzene rings is 2. The molecule has 3 N–H and O–H groups in total. The Labute approximate surface area is 232 Å². The van der Waals surface area contributed by atoms with Gasteiger partial charge in [-0.2, -0.15) is 0 Å². The van der Waals surface area contributed by atoms with Crippen molar-refractivity contribution in [3.05, 3.63) is 81.5 Å². The lowest BCUT2D eigenvalue weighted by molar-refractivity contribution is -0.122.